The van der Waals surface area contributed by atoms with Gasteiger partial charge in [-0.3, -0.25) is 4.90 Å². The maximum Gasteiger partial charge on any atom is 0.323 e. The van der Waals surface area contributed by atoms with Gasteiger partial charge >= 0.3 is 6.03 Å². The minimum Gasteiger partial charge on any atom is -0.377 e. The summed E-state index contributed by atoms with van der Waals surface area (Å²) >= 11 is 0. The van der Waals surface area contributed by atoms with Crippen molar-refractivity contribution in [3.63, 3.8) is 0 Å². The van der Waals surface area contributed by atoms with Crippen molar-refractivity contribution in [3.8, 4) is 11.4 Å². The zero-order valence-corrected chi connectivity index (χ0v) is 27.2. The van der Waals surface area contributed by atoms with E-state index < -0.39 is 0 Å². The minimum atomic E-state index is -0.288. The van der Waals surface area contributed by atoms with Crippen LogP contribution in [0.15, 0.2) is 48.5 Å². The van der Waals surface area contributed by atoms with Crippen LogP contribution in [-0.2, 0) is 4.74 Å². The topological polar surface area (TPSA) is 102 Å². The molecule has 11 heteroatoms. The number of nitrogens with zero attached hydrogens (tertiary/aromatic N) is 7. The standard InChI is InChI=1S/C34H47N9O2/c1-23(2)40-16-18-41(19-17-40)30-14-12-29(13-15-30)36-34(44)35-28-10-8-27(9-11-28)31-37-32(42-20-21-45-22-26(42)5)39-33(38-31)43-24(3)6-7-25(43)4/h8-15,23-26H,6-7,16-22H2,1-5H3,(H2,35,36,44)/t24-,25+,26-/m1/s1. The Labute approximate surface area is 267 Å². The molecule has 1 aromatic heterocycles. The van der Waals surface area contributed by atoms with Gasteiger partial charge in [-0.05, 0) is 96.0 Å². The van der Waals surface area contributed by atoms with E-state index in [-0.39, 0.29) is 12.1 Å². The molecule has 3 aromatic rings. The summed E-state index contributed by atoms with van der Waals surface area (Å²) in [6.07, 6.45) is 2.24. The molecule has 6 rings (SSSR count). The zero-order valence-electron chi connectivity index (χ0n) is 27.2. The van der Waals surface area contributed by atoms with E-state index in [0.717, 1.165) is 62.8 Å². The minimum absolute atomic E-state index is 0.178. The van der Waals surface area contributed by atoms with Crippen LogP contribution in [0.1, 0.15) is 47.5 Å². The van der Waals surface area contributed by atoms with Crippen LogP contribution < -0.4 is 25.3 Å². The smallest absolute Gasteiger partial charge is 0.323 e. The lowest BCUT2D eigenvalue weighted by atomic mass is 10.2. The second-order valence-electron chi connectivity index (χ2n) is 12.9. The molecular formula is C34H47N9O2. The van der Waals surface area contributed by atoms with E-state index in [9.17, 15) is 4.79 Å². The molecule has 3 aliphatic rings. The number of morpholine rings is 1. The summed E-state index contributed by atoms with van der Waals surface area (Å²) in [7, 11) is 0. The number of amides is 2. The fraction of sp³-hybridized carbons (Fsp3) is 0.529. The average Bonchev–Trinajstić information content (AvgIpc) is 3.39. The number of ether oxygens (including phenoxy) is 1. The van der Waals surface area contributed by atoms with Crippen LogP contribution in [0.3, 0.4) is 0 Å². The fourth-order valence-electron chi connectivity index (χ4n) is 6.59. The van der Waals surface area contributed by atoms with Gasteiger partial charge < -0.3 is 30.1 Å². The van der Waals surface area contributed by atoms with Crippen molar-refractivity contribution in [2.45, 2.75) is 71.6 Å². The molecule has 240 valence electrons. The summed E-state index contributed by atoms with van der Waals surface area (Å²) < 4.78 is 5.67. The van der Waals surface area contributed by atoms with Gasteiger partial charge in [0.2, 0.25) is 11.9 Å². The molecule has 11 nitrogen and oxygen atoms in total. The quantitative estimate of drug-likeness (QED) is 0.367. The number of piperazine rings is 1. The highest BCUT2D eigenvalue weighted by atomic mass is 16.5. The average molecular weight is 614 g/mol. The van der Waals surface area contributed by atoms with Gasteiger partial charge in [0.1, 0.15) is 0 Å². The molecule has 4 heterocycles. The van der Waals surface area contributed by atoms with Crippen LogP contribution in [0.25, 0.3) is 11.4 Å². The predicted molar refractivity (Wildman–Crippen MR) is 182 cm³/mol. The van der Waals surface area contributed by atoms with Crippen molar-refractivity contribution in [1.29, 1.82) is 0 Å². The molecule has 3 aliphatic heterocycles. The number of hydrogen-bond donors (Lipinski definition) is 2. The van der Waals surface area contributed by atoms with Crippen molar-refractivity contribution >= 4 is 35.0 Å². The number of anilines is 5. The van der Waals surface area contributed by atoms with Crippen molar-refractivity contribution < 1.29 is 9.53 Å². The van der Waals surface area contributed by atoms with Gasteiger partial charge in [0.05, 0.1) is 19.3 Å². The molecular weight excluding hydrogens is 566 g/mol. The number of nitrogens with one attached hydrogen (secondary N) is 2. The van der Waals surface area contributed by atoms with Crippen LogP contribution in [0.2, 0.25) is 0 Å². The van der Waals surface area contributed by atoms with Gasteiger partial charge in [-0.25, -0.2) is 4.79 Å². The van der Waals surface area contributed by atoms with Crippen molar-refractivity contribution in [2.75, 3.05) is 71.3 Å². The molecule has 0 radical (unpaired) electrons. The third kappa shape index (κ3) is 7.15. The highest BCUT2D eigenvalue weighted by molar-refractivity contribution is 5.99. The Kier molecular flexibility index (Phi) is 9.37. The van der Waals surface area contributed by atoms with Crippen LogP contribution in [0, 0.1) is 0 Å². The summed E-state index contributed by atoms with van der Waals surface area (Å²) in [5.41, 5.74) is 3.49. The van der Waals surface area contributed by atoms with Crippen LogP contribution in [0.4, 0.5) is 33.8 Å². The first-order valence-electron chi connectivity index (χ1n) is 16.4. The Hall–Kier alpha value is -3.96. The first kappa shape index (κ1) is 31.0. The Bertz CT molecular complexity index is 1430. The molecule has 0 aliphatic carbocycles. The lowest BCUT2D eigenvalue weighted by molar-refractivity contribution is 0.0981. The largest absolute Gasteiger partial charge is 0.377 e. The number of aromatic nitrogens is 3. The first-order chi connectivity index (χ1) is 21.7. The Morgan fingerprint density at radius 1 is 0.778 bits per heavy atom. The maximum atomic E-state index is 12.8. The number of urea groups is 1. The number of carbonyl (C=O) groups is 1. The molecule has 45 heavy (non-hydrogen) atoms. The Balaban J connectivity index is 1.12. The van der Waals surface area contributed by atoms with Gasteiger partial charge in [-0.2, -0.15) is 15.0 Å². The monoisotopic (exact) mass is 613 g/mol. The van der Waals surface area contributed by atoms with E-state index in [1.165, 1.54) is 5.69 Å². The molecule has 3 fully saturated rings. The van der Waals surface area contributed by atoms with E-state index >= 15 is 0 Å². The molecule has 0 unspecified atom stereocenters. The molecule has 2 N–H and O–H groups in total. The number of benzene rings is 2. The van der Waals surface area contributed by atoms with Gasteiger partial charge in [-0.15, -0.1) is 0 Å². The number of carbonyl (C=O) groups excluding carboxylic acids is 1. The molecule has 0 bridgehead atoms. The van der Waals surface area contributed by atoms with Crippen LogP contribution in [0.5, 0.6) is 0 Å². The van der Waals surface area contributed by atoms with E-state index in [4.69, 9.17) is 19.7 Å². The Morgan fingerprint density at radius 3 is 1.98 bits per heavy atom. The van der Waals surface area contributed by atoms with E-state index in [1.807, 2.05) is 36.4 Å². The summed E-state index contributed by atoms with van der Waals surface area (Å²) in [6.45, 7) is 17.3. The number of rotatable bonds is 7. The highest BCUT2D eigenvalue weighted by Gasteiger charge is 2.32. The van der Waals surface area contributed by atoms with Crippen LogP contribution in [-0.4, -0.2) is 96.0 Å². The zero-order chi connectivity index (χ0) is 31.5. The third-order valence-corrected chi connectivity index (χ3v) is 9.36. The second kappa shape index (κ2) is 13.6. The van der Waals surface area contributed by atoms with Gasteiger partial charge in [0.15, 0.2) is 5.82 Å². The SMILES string of the molecule is CC(C)N1CCN(c2ccc(NC(=O)Nc3ccc(-c4nc(N5CCOC[C@H]5C)nc(N5[C@H](C)CC[C@@H]5C)n4)cc3)cc2)CC1. The van der Waals surface area contributed by atoms with Crippen molar-refractivity contribution in [3.05, 3.63) is 48.5 Å². The first-order valence-corrected chi connectivity index (χ1v) is 16.4. The molecule has 2 aromatic carbocycles. The third-order valence-electron chi connectivity index (χ3n) is 9.36. The maximum absolute atomic E-state index is 12.8. The van der Waals surface area contributed by atoms with Gasteiger partial charge in [0, 0.05) is 73.5 Å². The molecule has 2 amide bonds. The lowest BCUT2D eigenvalue weighted by Crippen LogP contribution is -2.48. The van der Waals surface area contributed by atoms with E-state index in [2.05, 4.69) is 77.0 Å². The molecule has 0 spiro atoms. The lowest BCUT2D eigenvalue weighted by Gasteiger charge is -2.38. The van der Waals surface area contributed by atoms with Gasteiger partial charge in [0.25, 0.3) is 0 Å². The summed E-state index contributed by atoms with van der Waals surface area (Å²) in [6, 6.07) is 16.9. The van der Waals surface area contributed by atoms with E-state index in [1.54, 1.807) is 0 Å². The van der Waals surface area contributed by atoms with Crippen LogP contribution >= 0.6 is 0 Å². The molecule has 0 saturated carbocycles. The second-order valence-corrected chi connectivity index (χ2v) is 12.9. The highest BCUT2D eigenvalue weighted by Crippen LogP contribution is 2.31. The summed E-state index contributed by atoms with van der Waals surface area (Å²) in [5.74, 6) is 2.03. The fourth-order valence-corrected chi connectivity index (χ4v) is 6.59. The summed E-state index contributed by atoms with van der Waals surface area (Å²) in [4.78, 5) is 37.1. The Morgan fingerprint density at radius 2 is 1.38 bits per heavy atom. The van der Waals surface area contributed by atoms with Gasteiger partial charge in [-0.1, -0.05) is 0 Å². The molecule has 3 atom stereocenters. The van der Waals surface area contributed by atoms with Crippen molar-refractivity contribution in [2.24, 2.45) is 0 Å². The summed E-state index contributed by atoms with van der Waals surface area (Å²) in [5, 5.41) is 5.90. The number of hydrogen-bond acceptors (Lipinski definition) is 9. The predicted octanol–water partition coefficient (Wildman–Crippen LogP) is 5.32. The van der Waals surface area contributed by atoms with Crippen molar-refractivity contribution in [1.82, 2.24) is 19.9 Å². The normalized spacial score (nSPS) is 22.6. The van der Waals surface area contributed by atoms with E-state index in [0.29, 0.717) is 48.8 Å². The molecule has 3 saturated heterocycles.